The van der Waals surface area contributed by atoms with Crippen LogP contribution in [0.15, 0.2) is 64.3 Å². The number of allylic oxidation sites excluding steroid dienone is 4. The monoisotopic (exact) mass is 745 g/mol. The first kappa shape index (κ1) is 33.3. The Morgan fingerprint density at radius 2 is 1.19 bits per heavy atom. The molecule has 0 aliphatic heterocycles. The molecule has 3 aromatic carbocycles. The number of aliphatic hydroxyl groups excluding tert-OH is 1. The van der Waals surface area contributed by atoms with Crippen molar-refractivity contribution in [3.8, 4) is 0 Å². The van der Waals surface area contributed by atoms with Crippen molar-refractivity contribution in [2.24, 2.45) is 0 Å². The van der Waals surface area contributed by atoms with Crippen molar-refractivity contribution in [1.29, 1.82) is 0 Å². The summed E-state index contributed by atoms with van der Waals surface area (Å²) in [4.78, 5) is 26.7. The smallest absolute Gasteiger partial charge is 0.255 e. The summed E-state index contributed by atoms with van der Waals surface area (Å²) in [6.45, 7) is 0. The summed E-state index contributed by atoms with van der Waals surface area (Å²) in [5.41, 5.74) is 0.858. The number of carbonyl (C=O) groups excluding carboxylic acids is 2. The molecule has 42 heavy (non-hydrogen) atoms. The van der Waals surface area contributed by atoms with E-state index in [1.54, 1.807) is 0 Å². The number of anilines is 2. The second-order valence-corrected chi connectivity index (χ2v) is 12.6. The van der Waals surface area contributed by atoms with E-state index in [2.05, 4.69) is 16.0 Å². The minimum atomic E-state index is -1.46. The summed E-state index contributed by atoms with van der Waals surface area (Å²) in [6.07, 6.45) is 0.133. The van der Waals surface area contributed by atoms with E-state index in [9.17, 15) is 14.7 Å². The molecule has 1 aliphatic rings. The zero-order valence-corrected chi connectivity index (χ0v) is 27.4. The lowest BCUT2D eigenvalue weighted by molar-refractivity contribution is 0.0964. The van der Waals surface area contributed by atoms with Gasteiger partial charge in [-0.25, -0.2) is 0 Å². The molecule has 0 aromatic heterocycles. The third-order valence-corrected chi connectivity index (χ3v) is 9.14. The van der Waals surface area contributed by atoms with E-state index in [1.807, 2.05) is 0 Å². The van der Waals surface area contributed by atoms with Gasteiger partial charge in [0.2, 0.25) is 0 Å². The van der Waals surface area contributed by atoms with Crippen molar-refractivity contribution in [1.82, 2.24) is 5.32 Å². The first-order valence-corrected chi connectivity index (χ1v) is 15.1. The van der Waals surface area contributed by atoms with Gasteiger partial charge in [-0.2, -0.15) is 0 Å². The van der Waals surface area contributed by atoms with Gasteiger partial charge >= 0.3 is 0 Å². The van der Waals surface area contributed by atoms with E-state index >= 15 is 0 Å². The highest BCUT2D eigenvalue weighted by atomic mass is 35.5. The molecule has 2 unspecified atom stereocenters. The highest BCUT2D eigenvalue weighted by Crippen LogP contribution is 2.36. The van der Waals surface area contributed by atoms with Gasteiger partial charge in [-0.3, -0.25) is 9.59 Å². The van der Waals surface area contributed by atoms with Crippen molar-refractivity contribution in [2.45, 2.75) is 18.0 Å². The van der Waals surface area contributed by atoms with Crippen molar-refractivity contribution in [2.75, 3.05) is 10.6 Å². The van der Waals surface area contributed by atoms with E-state index in [1.165, 1.54) is 48.5 Å². The predicted octanol–water partition coefficient (Wildman–Crippen LogP) is 10.3. The zero-order valence-electron chi connectivity index (χ0n) is 20.6. The van der Waals surface area contributed by atoms with Crippen LogP contribution < -0.4 is 16.0 Å². The average molecular weight is 750 g/mol. The molecule has 15 heteroatoms. The Labute approximate surface area is 285 Å². The van der Waals surface area contributed by atoms with Gasteiger partial charge in [-0.05, 0) is 48.5 Å². The Kier molecular flexibility index (Phi) is 11.1. The molecule has 220 valence electrons. The molecule has 0 radical (unpaired) electrons. The van der Waals surface area contributed by atoms with E-state index in [-0.39, 0.29) is 69.7 Å². The molecular formula is C27H16Cl9N3O3. The number of amides is 2. The van der Waals surface area contributed by atoms with E-state index < -0.39 is 23.4 Å². The molecule has 0 heterocycles. The first-order valence-electron chi connectivity index (χ1n) is 11.6. The van der Waals surface area contributed by atoms with Gasteiger partial charge in [0.1, 0.15) is 0 Å². The molecule has 0 saturated carbocycles. The van der Waals surface area contributed by atoms with E-state index in [4.69, 9.17) is 104 Å². The number of rotatable bonds is 7. The predicted molar refractivity (Wildman–Crippen MR) is 174 cm³/mol. The maximum Gasteiger partial charge on any atom is 0.255 e. The molecule has 0 bridgehead atoms. The summed E-state index contributed by atoms with van der Waals surface area (Å²) in [5, 5.41) is 20.2. The zero-order chi connectivity index (χ0) is 30.9. The summed E-state index contributed by atoms with van der Waals surface area (Å²) in [5.74, 6) is -1.31. The molecule has 3 aromatic rings. The molecule has 4 N–H and O–H groups in total. The average Bonchev–Trinajstić information content (AvgIpc) is 2.92. The molecule has 0 spiro atoms. The molecule has 0 saturated heterocycles. The minimum absolute atomic E-state index is 0.00251. The van der Waals surface area contributed by atoms with Gasteiger partial charge in [0.25, 0.3) is 11.8 Å². The number of hydrogen-bond donors (Lipinski definition) is 4. The maximum atomic E-state index is 13.3. The molecule has 2 atom stereocenters. The van der Waals surface area contributed by atoms with Crippen molar-refractivity contribution in [3.05, 3.63) is 111 Å². The van der Waals surface area contributed by atoms with Gasteiger partial charge in [0, 0.05) is 33.8 Å². The Morgan fingerprint density at radius 3 is 1.79 bits per heavy atom. The van der Waals surface area contributed by atoms with Crippen LogP contribution in [0.1, 0.15) is 38.9 Å². The molecule has 0 fully saturated rings. The van der Waals surface area contributed by atoms with Crippen LogP contribution in [0, 0.1) is 0 Å². The molecule has 2 amide bonds. The van der Waals surface area contributed by atoms with Crippen LogP contribution in [-0.2, 0) is 0 Å². The highest BCUT2D eigenvalue weighted by molar-refractivity contribution is 6.45. The summed E-state index contributed by atoms with van der Waals surface area (Å²) in [7, 11) is 0. The van der Waals surface area contributed by atoms with Crippen molar-refractivity contribution < 1.29 is 14.7 Å². The third kappa shape index (κ3) is 7.93. The highest BCUT2D eigenvalue weighted by Gasteiger charge is 2.24. The van der Waals surface area contributed by atoms with Crippen molar-refractivity contribution >= 4 is 128 Å². The van der Waals surface area contributed by atoms with Gasteiger partial charge in [0.05, 0.1) is 51.9 Å². The lowest BCUT2D eigenvalue weighted by atomic mass is 10.0. The Morgan fingerprint density at radius 1 is 0.690 bits per heavy atom. The Hall–Kier alpha value is -1.55. The van der Waals surface area contributed by atoms with Gasteiger partial charge in [-0.1, -0.05) is 92.8 Å². The number of nitrogens with one attached hydrogen (secondary N) is 3. The minimum Gasteiger partial charge on any atom is -0.369 e. The van der Waals surface area contributed by atoms with Gasteiger partial charge in [-0.15, -0.1) is 11.6 Å². The SMILES string of the molecule is O=C(NC1=C(Cl)C=C(Cl)C(Cl)C1)c1cc(C(=O)Nc2cc(Cl)c(Cl)cc2Cl)cc(C(O)Nc2cc(Cl)c(Cl)cc2Cl)c1. The fraction of sp³-hybridized carbons (Fsp3) is 0.111. The largest absolute Gasteiger partial charge is 0.369 e. The van der Waals surface area contributed by atoms with Crippen LogP contribution in [0.5, 0.6) is 0 Å². The quantitative estimate of drug-likeness (QED) is 0.110. The third-order valence-electron chi connectivity index (χ3n) is 5.86. The Balaban J connectivity index is 1.71. The summed E-state index contributed by atoms with van der Waals surface area (Å²) in [6, 6.07) is 9.63. The number of carbonyl (C=O) groups is 2. The second kappa shape index (κ2) is 14.0. The van der Waals surface area contributed by atoms with Crippen LogP contribution in [0.3, 0.4) is 0 Å². The number of hydrogen-bond acceptors (Lipinski definition) is 4. The molecule has 1 aliphatic carbocycles. The number of benzene rings is 3. The molecule has 6 nitrogen and oxygen atoms in total. The van der Waals surface area contributed by atoms with E-state index in [0.29, 0.717) is 10.7 Å². The Bertz CT molecular complexity index is 1660. The van der Waals surface area contributed by atoms with Crippen LogP contribution in [0.25, 0.3) is 0 Å². The number of alkyl halides is 1. The summed E-state index contributed by atoms with van der Waals surface area (Å²) < 4.78 is 0. The first-order chi connectivity index (χ1) is 19.7. The van der Waals surface area contributed by atoms with Crippen LogP contribution >= 0.6 is 104 Å². The number of aliphatic hydroxyl groups is 1. The molecule has 4 rings (SSSR count). The van der Waals surface area contributed by atoms with Crippen LogP contribution in [0.2, 0.25) is 30.1 Å². The van der Waals surface area contributed by atoms with Crippen LogP contribution in [0.4, 0.5) is 11.4 Å². The topological polar surface area (TPSA) is 90.5 Å². The van der Waals surface area contributed by atoms with E-state index in [0.717, 1.165) is 0 Å². The standard InChI is InChI=1S/C27H16Cl9N3O3/c28-13-4-19(34)22(7-16(13)31)37-25(40)10-1-11(26(41)38-23-8-17(32)14(29)5-20(23)35)3-12(2-10)27(42)39-24-9-18(33)15(30)6-21(24)36/h1-8,18,25,37,40H,9H2,(H,38,41)(H,39,42). The summed E-state index contributed by atoms with van der Waals surface area (Å²) >= 11 is 55.2. The fourth-order valence-corrected chi connectivity index (χ4v) is 5.64. The van der Waals surface area contributed by atoms with Gasteiger partial charge in [0.15, 0.2) is 6.23 Å². The lowest BCUT2D eigenvalue weighted by Gasteiger charge is -2.20. The van der Waals surface area contributed by atoms with Crippen molar-refractivity contribution in [3.63, 3.8) is 0 Å². The molecular weight excluding hydrogens is 733 g/mol. The maximum absolute atomic E-state index is 13.3. The normalized spacial score (nSPS) is 15.7. The lowest BCUT2D eigenvalue weighted by Crippen LogP contribution is -2.27. The fourth-order valence-electron chi connectivity index (χ4n) is 3.74. The number of halogens is 9. The second-order valence-electron chi connectivity index (χ2n) is 8.82. The van der Waals surface area contributed by atoms with Crippen LogP contribution in [-0.4, -0.2) is 22.3 Å². The van der Waals surface area contributed by atoms with Gasteiger partial charge < -0.3 is 21.1 Å².